The molecule has 0 unspecified atom stereocenters. The van der Waals surface area contributed by atoms with Crippen LogP contribution in [-0.2, 0) is 4.74 Å². The summed E-state index contributed by atoms with van der Waals surface area (Å²) in [5, 5.41) is 3.00. The first-order chi connectivity index (χ1) is 11.1. The average Bonchev–Trinajstić information content (AvgIpc) is 2.56. The van der Waals surface area contributed by atoms with Gasteiger partial charge in [-0.25, -0.2) is 0 Å². The molecular weight excluding hydrogens is 314 g/mol. The molecule has 0 heterocycles. The maximum Gasteiger partial charge on any atom is 0.294 e. The third-order valence-corrected chi connectivity index (χ3v) is 3.03. The average molecular weight is 331 g/mol. The zero-order valence-electron chi connectivity index (χ0n) is 12.8. The van der Waals surface area contributed by atoms with Gasteiger partial charge in [0, 0.05) is 5.69 Å². The van der Waals surface area contributed by atoms with E-state index < -0.39 is 0 Å². The lowest BCUT2D eigenvalue weighted by atomic mass is 10.3. The molecule has 0 aliphatic heterocycles. The fourth-order valence-electron chi connectivity index (χ4n) is 1.72. The van der Waals surface area contributed by atoms with Gasteiger partial charge in [-0.3, -0.25) is 0 Å². The van der Waals surface area contributed by atoms with E-state index in [2.05, 4.69) is 10.3 Å². The largest absolute Gasteiger partial charge is 0.497 e. The van der Waals surface area contributed by atoms with Gasteiger partial charge in [0.15, 0.2) is 0 Å². The van der Waals surface area contributed by atoms with Crippen molar-refractivity contribution in [3.05, 3.63) is 48.5 Å². The Bertz CT molecular complexity index is 685. The summed E-state index contributed by atoms with van der Waals surface area (Å²) in [6.45, 7) is 0. The van der Waals surface area contributed by atoms with Crippen LogP contribution in [0.3, 0.4) is 0 Å². The van der Waals surface area contributed by atoms with Crippen molar-refractivity contribution in [3.63, 3.8) is 0 Å². The Kier molecular flexibility index (Phi) is 5.76. The highest BCUT2D eigenvalue weighted by atomic mass is 32.1. The fourth-order valence-corrected chi connectivity index (χ4v) is 1.92. The van der Waals surface area contributed by atoms with E-state index in [4.69, 9.17) is 32.2 Å². The topological polar surface area (TPSA) is 78.1 Å². The quantitative estimate of drug-likeness (QED) is 0.509. The lowest BCUT2D eigenvalue weighted by Gasteiger charge is -2.09. The van der Waals surface area contributed by atoms with Crippen LogP contribution >= 0.6 is 12.2 Å². The molecule has 7 heteroatoms. The second kappa shape index (κ2) is 8.00. The molecule has 2 aromatic carbocycles. The number of methoxy groups -OCH3 is 2. The molecule has 3 N–H and O–H groups in total. The number of ether oxygens (including phenoxy) is 3. The van der Waals surface area contributed by atoms with Gasteiger partial charge in [0.25, 0.3) is 11.2 Å². The molecular formula is C16H17N3O3S. The minimum atomic E-state index is -0.0545. The van der Waals surface area contributed by atoms with Crippen molar-refractivity contribution in [2.75, 3.05) is 19.5 Å². The van der Waals surface area contributed by atoms with Gasteiger partial charge in [-0.1, -0.05) is 0 Å². The summed E-state index contributed by atoms with van der Waals surface area (Å²) in [4.78, 5) is 4.11. The Morgan fingerprint density at radius 3 is 2.00 bits per heavy atom. The highest BCUT2D eigenvalue weighted by Gasteiger charge is 2.03. The summed E-state index contributed by atoms with van der Waals surface area (Å²) in [5.74, 6) is 1.49. The number of nitrogens with two attached hydrogens (primary N) is 1. The molecule has 0 aromatic heterocycles. The Balaban J connectivity index is 1.93. The summed E-state index contributed by atoms with van der Waals surface area (Å²) in [6.07, 6.45) is 0. The minimum Gasteiger partial charge on any atom is -0.497 e. The van der Waals surface area contributed by atoms with Crippen LogP contribution < -0.4 is 20.5 Å². The fraction of sp³-hybridized carbons (Fsp3) is 0.125. The summed E-state index contributed by atoms with van der Waals surface area (Å²) in [5.41, 5.74) is 7.12. The van der Waals surface area contributed by atoms with E-state index in [0.29, 0.717) is 5.69 Å². The van der Waals surface area contributed by atoms with Gasteiger partial charge in [0.05, 0.1) is 19.9 Å². The van der Waals surface area contributed by atoms with Gasteiger partial charge < -0.3 is 25.3 Å². The third-order valence-electron chi connectivity index (χ3n) is 2.85. The molecule has 0 saturated heterocycles. The van der Waals surface area contributed by atoms with Crippen LogP contribution in [0.1, 0.15) is 0 Å². The first-order valence-corrected chi connectivity index (χ1v) is 7.12. The van der Waals surface area contributed by atoms with Gasteiger partial charge in [0.2, 0.25) is 0 Å². The standard InChI is InChI=1S/C16H17N3O3S/c1-20-13-7-3-11(4-8-13)18-15(17)22-16(23)19-12-5-9-14(21-2)10-6-12/h3-10H,1-2H3,(H2,17,18)(H,19,23). The monoisotopic (exact) mass is 331 g/mol. The van der Waals surface area contributed by atoms with Crippen molar-refractivity contribution in [2.24, 2.45) is 10.7 Å². The third kappa shape index (κ3) is 5.15. The number of nitrogens with zero attached hydrogens (tertiary/aromatic N) is 1. The van der Waals surface area contributed by atoms with Gasteiger partial charge >= 0.3 is 0 Å². The van der Waals surface area contributed by atoms with Gasteiger partial charge in [0.1, 0.15) is 11.5 Å². The number of amidine groups is 1. The maximum absolute atomic E-state index is 5.73. The van der Waals surface area contributed by atoms with E-state index in [1.807, 2.05) is 12.1 Å². The second-order valence-corrected chi connectivity index (χ2v) is 4.76. The van der Waals surface area contributed by atoms with Crippen molar-refractivity contribution in [2.45, 2.75) is 0 Å². The molecule has 2 rings (SSSR count). The molecule has 120 valence electrons. The SMILES string of the molecule is COc1ccc(N=C(N)OC(=S)Nc2ccc(OC)cc2)cc1. The predicted molar refractivity (Wildman–Crippen MR) is 94.6 cm³/mol. The Morgan fingerprint density at radius 1 is 0.957 bits per heavy atom. The number of hydrogen-bond donors (Lipinski definition) is 2. The van der Waals surface area contributed by atoms with Gasteiger partial charge in [-0.2, -0.15) is 4.99 Å². The smallest absolute Gasteiger partial charge is 0.294 e. The number of hydrogen-bond acceptors (Lipinski definition) is 5. The van der Waals surface area contributed by atoms with Gasteiger partial charge in [-0.05, 0) is 60.7 Å². The van der Waals surface area contributed by atoms with Crippen LogP contribution in [0.4, 0.5) is 11.4 Å². The van der Waals surface area contributed by atoms with Crippen molar-refractivity contribution >= 4 is 34.8 Å². The summed E-state index contributed by atoms with van der Waals surface area (Å²) in [6, 6.07) is 14.3. The molecule has 6 nitrogen and oxygen atoms in total. The molecule has 2 aromatic rings. The number of benzene rings is 2. The Labute approximate surface area is 139 Å². The van der Waals surface area contributed by atoms with Gasteiger partial charge in [-0.15, -0.1) is 0 Å². The molecule has 23 heavy (non-hydrogen) atoms. The lowest BCUT2D eigenvalue weighted by Crippen LogP contribution is -2.24. The van der Waals surface area contributed by atoms with Crippen LogP contribution in [0.5, 0.6) is 11.5 Å². The van der Waals surface area contributed by atoms with Crippen LogP contribution in [-0.4, -0.2) is 25.4 Å². The molecule has 0 atom stereocenters. The van der Waals surface area contributed by atoms with E-state index in [-0.39, 0.29) is 11.2 Å². The molecule has 0 aliphatic carbocycles. The number of anilines is 1. The first kappa shape index (κ1) is 16.6. The van der Waals surface area contributed by atoms with Crippen molar-refractivity contribution in [3.8, 4) is 11.5 Å². The minimum absolute atomic E-state index is 0.0545. The summed E-state index contributed by atoms with van der Waals surface area (Å²) < 4.78 is 15.4. The second-order valence-electron chi connectivity index (χ2n) is 4.39. The van der Waals surface area contributed by atoms with Crippen molar-refractivity contribution in [1.29, 1.82) is 0 Å². The van der Waals surface area contributed by atoms with Crippen LogP contribution in [0.25, 0.3) is 0 Å². The lowest BCUT2D eigenvalue weighted by molar-refractivity contribution is 0.415. The number of rotatable bonds is 4. The normalized spacial score (nSPS) is 10.8. The van der Waals surface area contributed by atoms with Crippen molar-refractivity contribution in [1.82, 2.24) is 0 Å². The van der Waals surface area contributed by atoms with E-state index in [9.17, 15) is 0 Å². The highest BCUT2D eigenvalue weighted by Crippen LogP contribution is 2.18. The van der Waals surface area contributed by atoms with Crippen LogP contribution in [0, 0.1) is 0 Å². The zero-order chi connectivity index (χ0) is 16.7. The first-order valence-electron chi connectivity index (χ1n) is 6.72. The number of thiocarbonyl (C=S) groups is 1. The molecule has 0 aliphatic rings. The number of aliphatic imine (C=N–C) groups is 1. The Morgan fingerprint density at radius 2 is 1.48 bits per heavy atom. The van der Waals surface area contributed by atoms with Crippen LogP contribution in [0.2, 0.25) is 0 Å². The molecule has 0 radical (unpaired) electrons. The predicted octanol–water partition coefficient (Wildman–Crippen LogP) is 3.06. The zero-order valence-corrected chi connectivity index (χ0v) is 13.6. The Hall–Kier alpha value is -2.80. The number of nitrogens with one attached hydrogen (secondary N) is 1. The van der Waals surface area contributed by atoms with E-state index >= 15 is 0 Å². The van der Waals surface area contributed by atoms with E-state index in [1.54, 1.807) is 50.6 Å². The molecule has 0 bridgehead atoms. The molecule has 0 saturated carbocycles. The molecule has 0 fully saturated rings. The summed E-state index contributed by atoms with van der Waals surface area (Å²) >= 11 is 5.08. The van der Waals surface area contributed by atoms with E-state index in [1.165, 1.54) is 0 Å². The summed E-state index contributed by atoms with van der Waals surface area (Å²) in [7, 11) is 3.20. The molecule has 0 spiro atoms. The van der Waals surface area contributed by atoms with E-state index in [0.717, 1.165) is 17.2 Å². The van der Waals surface area contributed by atoms with Crippen molar-refractivity contribution < 1.29 is 14.2 Å². The molecule has 0 amide bonds. The maximum atomic E-state index is 5.73. The van der Waals surface area contributed by atoms with Crippen LogP contribution in [0.15, 0.2) is 53.5 Å². The highest BCUT2D eigenvalue weighted by molar-refractivity contribution is 7.80.